The molecule has 1 aromatic carbocycles. The summed E-state index contributed by atoms with van der Waals surface area (Å²) < 4.78 is 4.93. The minimum absolute atomic E-state index is 0.493. The van der Waals surface area contributed by atoms with Crippen LogP contribution >= 0.6 is 0 Å². The van der Waals surface area contributed by atoms with Gasteiger partial charge < -0.3 is 20.7 Å². The summed E-state index contributed by atoms with van der Waals surface area (Å²) >= 11 is 0. The van der Waals surface area contributed by atoms with E-state index in [0.29, 0.717) is 19.1 Å². The normalized spacial score (nSPS) is 11.8. The highest BCUT2D eigenvalue weighted by Crippen LogP contribution is 2.02. The smallest absolute Gasteiger partial charge is 0.188 e. The molecule has 3 N–H and O–H groups in total. The zero-order valence-corrected chi connectivity index (χ0v) is 12.5. The van der Waals surface area contributed by atoms with Gasteiger partial charge in [-0.2, -0.15) is 0 Å². The summed E-state index contributed by atoms with van der Waals surface area (Å²) in [5.74, 6) is 0.493. The predicted molar refractivity (Wildman–Crippen MR) is 83.8 cm³/mol. The third kappa shape index (κ3) is 7.76. The van der Waals surface area contributed by atoms with Gasteiger partial charge in [-0.1, -0.05) is 30.3 Å². The summed E-state index contributed by atoms with van der Waals surface area (Å²) in [4.78, 5) is 6.57. The number of nitrogens with zero attached hydrogens (tertiary/aromatic N) is 2. The van der Waals surface area contributed by atoms with E-state index in [0.717, 1.165) is 26.1 Å². The topological polar surface area (TPSA) is 62.9 Å². The van der Waals surface area contributed by atoms with Crippen molar-refractivity contribution in [3.8, 4) is 0 Å². The van der Waals surface area contributed by atoms with Crippen LogP contribution in [-0.2, 0) is 11.3 Å². The minimum Gasteiger partial charge on any atom is -0.383 e. The Labute approximate surface area is 121 Å². The van der Waals surface area contributed by atoms with Crippen LogP contribution in [0, 0.1) is 0 Å². The molecule has 0 radical (unpaired) electrons. The molecule has 1 rings (SSSR count). The molecule has 0 aliphatic heterocycles. The molecule has 0 spiro atoms. The van der Waals surface area contributed by atoms with Crippen LogP contribution in [0.5, 0.6) is 0 Å². The van der Waals surface area contributed by atoms with Crippen molar-refractivity contribution in [2.75, 3.05) is 40.4 Å². The van der Waals surface area contributed by atoms with E-state index in [1.54, 1.807) is 7.11 Å². The second-order valence-electron chi connectivity index (χ2n) is 4.76. The predicted octanol–water partition coefficient (Wildman–Crippen LogP) is 1.06. The first kappa shape index (κ1) is 16.5. The summed E-state index contributed by atoms with van der Waals surface area (Å²) in [7, 11) is 3.79. The summed E-state index contributed by atoms with van der Waals surface area (Å²) in [5.41, 5.74) is 7.06. The van der Waals surface area contributed by atoms with Crippen LogP contribution in [0.3, 0.4) is 0 Å². The van der Waals surface area contributed by atoms with Crippen molar-refractivity contribution in [1.82, 2.24) is 10.2 Å². The molecule has 20 heavy (non-hydrogen) atoms. The van der Waals surface area contributed by atoms with E-state index >= 15 is 0 Å². The molecule has 5 nitrogen and oxygen atoms in total. The molecule has 0 bridgehead atoms. The van der Waals surface area contributed by atoms with Gasteiger partial charge in [0, 0.05) is 26.7 Å². The lowest BCUT2D eigenvalue weighted by Gasteiger charge is -2.16. The number of nitrogens with two attached hydrogens (primary N) is 1. The lowest BCUT2D eigenvalue weighted by molar-refractivity contribution is 0.204. The summed E-state index contributed by atoms with van der Waals surface area (Å²) in [5, 5.41) is 3.00. The Kier molecular flexibility index (Phi) is 8.42. The quantitative estimate of drug-likeness (QED) is 0.403. The van der Waals surface area contributed by atoms with Gasteiger partial charge in [0.1, 0.15) is 0 Å². The highest BCUT2D eigenvalue weighted by molar-refractivity contribution is 5.77. The van der Waals surface area contributed by atoms with Crippen LogP contribution in [0.25, 0.3) is 0 Å². The number of hydrogen-bond donors (Lipinski definition) is 2. The first-order valence-electron chi connectivity index (χ1n) is 6.97. The van der Waals surface area contributed by atoms with Crippen molar-refractivity contribution in [2.45, 2.75) is 13.0 Å². The van der Waals surface area contributed by atoms with E-state index in [2.05, 4.69) is 46.5 Å². The molecule has 0 aliphatic rings. The maximum atomic E-state index is 5.72. The molecule has 112 valence electrons. The number of methoxy groups -OCH3 is 1. The molecule has 0 fully saturated rings. The molecular formula is C15H26N4O. The number of ether oxygens (including phenoxy) is 1. The molecule has 1 aromatic rings. The third-order valence-corrected chi connectivity index (χ3v) is 2.89. The minimum atomic E-state index is 0.493. The number of benzene rings is 1. The lowest BCUT2D eigenvalue weighted by atomic mass is 10.2. The monoisotopic (exact) mass is 278 g/mol. The van der Waals surface area contributed by atoms with E-state index in [4.69, 9.17) is 10.5 Å². The number of rotatable bonds is 9. The average Bonchev–Trinajstić information content (AvgIpc) is 2.45. The largest absolute Gasteiger partial charge is 0.383 e. The molecule has 0 saturated carbocycles. The second kappa shape index (κ2) is 10.2. The average molecular weight is 278 g/mol. The van der Waals surface area contributed by atoms with Gasteiger partial charge >= 0.3 is 0 Å². The van der Waals surface area contributed by atoms with Crippen LogP contribution < -0.4 is 11.1 Å². The fraction of sp³-hybridized carbons (Fsp3) is 0.533. The fourth-order valence-electron chi connectivity index (χ4n) is 1.85. The van der Waals surface area contributed by atoms with Crippen molar-refractivity contribution in [1.29, 1.82) is 0 Å². The number of hydrogen-bond acceptors (Lipinski definition) is 3. The molecule has 0 heterocycles. The molecule has 0 aliphatic carbocycles. The molecule has 0 saturated heterocycles. The molecule has 0 unspecified atom stereocenters. The van der Waals surface area contributed by atoms with Crippen molar-refractivity contribution < 1.29 is 4.74 Å². The molecule has 5 heteroatoms. The molecule has 0 amide bonds. The maximum Gasteiger partial charge on any atom is 0.188 e. The summed E-state index contributed by atoms with van der Waals surface area (Å²) in [6.45, 7) is 4.04. The zero-order valence-electron chi connectivity index (χ0n) is 12.5. The Hall–Kier alpha value is -1.59. The Morgan fingerprint density at radius 1 is 1.35 bits per heavy atom. The standard InChI is InChI=1S/C15H26N4O/c1-19(13-14-7-4-3-5-8-14)11-6-9-17-15(16)18-10-12-20-2/h3-5,7-8H,6,9-13H2,1-2H3,(H3,16,17,18). The van der Waals surface area contributed by atoms with E-state index in [1.807, 2.05) is 6.07 Å². The van der Waals surface area contributed by atoms with Crippen molar-refractivity contribution in [2.24, 2.45) is 10.7 Å². The van der Waals surface area contributed by atoms with Gasteiger partial charge in [0.15, 0.2) is 5.96 Å². The maximum absolute atomic E-state index is 5.72. The van der Waals surface area contributed by atoms with E-state index in [9.17, 15) is 0 Å². The molecular weight excluding hydrogens is 252 g/mol. The van der Waals surface area contributed by atoms with Crippen molar-refractivity contribution in [3.63, 3.8) is 0 Å². The second-order valence-corrected chi connectivity index (χ2v) is 4.76. The van der Waals surface area contributed by atoms with E-state index < -0.39 is 0 Å². The van der Waals surface area contributed by atoms with Gasteiger partial charge in [-0.05, 0) is 25.6 Å². The van der Waals surface area contributed by atoms with Crippen molar-refractivity contribution in [3.05, 3.63) is 35.9 Å². The van der Waals surface area contributed by atoms with Gasteiger partial charge in [-0.15, -0.1) is 0 Å². The van der Waals surface area contributed by atoms with Crippen molar-refractivity contribution >= 4 is 5.96 Å². The Morgan fingerprint density at radius 3 is 2.80 bits per heavy atom. The van der Waals surface area contributed by atoms with Crippen LogP contribution in [0.15, 0.2) is 35.3 Å². The first-order chi connectivity index (χ1) is 9.72. The zero-order chi connectivity index (χ0) is 14.6. The van der Waals surface area contributed by atoms with Crippen LogP contribution in [0.1, 0.15) is 12.0 Å². The number of guanidine groups is 1. The number of nitrogens with one attached hydrogen (secondary N) is 1. The van der Waals surface area contributed by atoms with Gasteiger partial charge in [-0.25, -0.2) is 0 Å². The van der Waals surface area contributed by atoms with Crippen LogP contribution in [0.2, 0.25) is 0 Å². The van der Waals surface area contributed by atoms with Gasteiger partial charge in [0.25, 0.3) is 0 Å². The summed E-state index contributed by atoms with van der Waals surface area (Å²) in [6, 6.07) is 10.5. The SMILES string of the molecule is COCCNC(N)=NCCCN(C)Cc1ccccc1. The van der Waals surface area contributed by atoms with Crippen LogP contribution in [0.4, 0.5) is 0 Å². The highest BCUT2D eigenvalue weighted by Gasteiger charge is 1.99. The van der Waals surface area contributed by atoms with E-state index in [-0.39, 0.29) is 0 Å². The lowest BCUT2D eigenvalue weighted by Crippen LogP contribution is -2.34. The molecule has 0 atom stereocenters. The third-order valence-electron chi connectivity index (χ3n) is 2.89. The Balaban J connectivity index is 2.12. The summed E-state index contributed by atoms with van der Waals surface area (Å²) in [6.07, 6.45) is 0.996. The fourth-order valence-corrected chi connectivity index (χ4v) is 1.85. The van der Waals surface area contributed by atoms with E-state index in [1.165, 1.54) is 5.56 Å². The Bertz CT molecular complexity index is 381. The van der Waals surface area contributed by atoms with Gasteiger partial charge in [-0.3, -0.25) is 4.99 Å². The van der Waals surface area contributed by atoms with Gasteiger partial charge in [0.05, 0.1) is 6.61 Å². The van der Waals surface area contributed by atoms with Crippen LogP contribution in [-0.4, -0.2) is 51.3 Å². The molecule has 0 aromatic heterocycles. The Morgan fingerprint density at radius 2 is 2.10 bits per heavy atom. The number of aliphatic imine (C=N–C) groups is 1. The van der Waals surface area contributed by atoms with Gasteiger partial charge in [0.2, 0.25) is 0 Å². The first-order valence-corrected chi connectivity index (χ1v) is 6.97. The highest BCUT2D eigenvalue weighted by atomic mass is 16.5.